The van der Waals surface area contributed by atoms with E-state index in [1.54, 1.807) is 6.07 Å². The van der Waals surface area contributed by atoms with Crippen molar-refractivity contribution in [1.82, 2.24) is 9.88 Å². The lowest BCUT2D eigenvalue weighted by molar-refractivity contribution is 0.245. The van der Waals surface area contributed by atoms with Gasteiger partial charge >= 0.3 is 0 Å². The predicted molar refractivity (Wildman–Crippen MR) is 81.0 cm³/mol. The summed E-state index contributed by atoms with van der Waals surface area (Å²) in [5, 5.41) is 0.680. The summed E-state index contributed by atoms with van der Waals surface area (Å²) in [6.45, 7) is 2.93. The summed E-state index contributed by atoms with van der Waals surface area (Å²) in [7, 11) is 2.10. The molecule has 1 aromatic heterocycles. The lowest BCUT2D eigenvalue weighted by atomic mass is 10.2. The number of hydrazine groups is 1. The van der Waals surface area contributed by atoms with Gasteiger partial charge in [0.1, 0.15) is 5.82 Å². The Morgan fingerprint density at radius 2 is 2.28 bits per heavy atom. The number of nitrogens with two attached hydrogens (primary N) is 1. The minimum absolute atomic E-state index is 0.535. The second-order valence-corrected chi connectivity index (χ2v) is 5.52. The van der Waals surface area contributed by atoms with Crippen molar-refractivity contribution < 1.29 is 0 Å². The Hall–Kier alpha value is -0.490. The van der Waals surface area contributed by atoms with Gasteiger partial charge in [-0.15, -0.1) is 0 Å². The lowest BCUT2D eigenvalue weighted by Crippen LogP contribution is -2.33. The number of halogens is 1. The smallest absolute Gasteiger partial charge is 0.140 e. The van der Waals surface area contributed by atoms with Crippen molar-refractivity contribution in [3.63, 3.8) is 0 Å². The molecule has 0 aliphatic heterocycles. The molecule has 0 aliphatic carbocycles. The first-order valence-electron chi connectivity index (χ1n) is 5.93. The van der Waals surface area contributed by atoms with Crippen molar-refractivity contribution in [1.29, 1.82) is 0 Å². The van der Waals surface area contributed by atoms with Gasteiger partial charge in [-0.05, 0) is 31.9 Å². The Balaban J connectivity index is 2.76. The van der Waals surface area contributed by atoms with Crippen LogP contribution in [0.15, 0.2) is 12.1 Å². The third-order valence-corrected chi connectivity index (χ3v) is 3.98. The van der Waals surface area contributed by atoms with Gasteiger partial charge < -0.3 is 5.43 Å². The van der Waals surface area contributed by atoms with E-state index in [0.717, 1.165) is 24.4 Å². The van der Waals surface area contributed by atoms with Crippen molar-refractivity contribution in [3.05, 3.63) is 22.8 Å². The van der Waals surface area contributed by atoms with Gasteiger partial charge in [-0.3, -0.25) is 4.90 Å². The molecule has 3 N–H and O–H groups in total. The molecule has 0 spiro atoms. The quantitative estimate of drug-likeness (QED) is 0.597. The highest BCUT2D eigenvalue weighted by Gasteiger charge is 2.14. The monoisotopic (exact) mass is 288 g/mol. The number of nitrogen functional groups attached to an aromatic ring is 1. The molecule has 1 atom stereocenters. The first kappa shape index (κ1) is 15.6. The summed E-state index contributed by atoms with van der Waals surface area (Å²) in [5.74, 6) is 7.11. The number of nitrogens with zero attached hydrogens (tertiary/aromatic N) is 2. The summed E-state index contributed by atoms with van der Waals surface area (Å²) in [6.07, 6.45) is 3.24. The van der Waals surface area contributed by atoms with E-state index >= 15 is 0 Å². The molecule has 102 valence electrons. The van der Waals surface area contributed by atoms with Crippen molar-refractivity contribution in [2.75, 3.05) is 24.5 Å². The van der Waals surface area contributed by atoms with Crippen LogP contribution in [0.3, 0.4) is 0 Å². The molecule has 0 bridgehead atoms. The number of hydrogen-bond donors (Lipinski definition) is 2. The topological polar surface area (TPSA) is 54.2 Å². The molecule has 1 unspecified atom stereocenters. The molecule has 0 radical (unpaired) electrons. The Labute approximate surface area is 118 Å². The van der Waals surface area contributed by atoms with Crippen LogP contribution < -0.4 is 11.3 Å². The standard InChI is InChI=1S/C12H21ClN4S/c1-4-9(8-18-3)17(2)7-11-10(13)5-6-12(15-11)16-14/h5-6,9H,4,7-8,14H2,1-3H3,(H,15,16). The second kappa shape index (κ2) is 7.84. The number of hydrogen-bond acceptors (Lipinski definition) is 5. The van der Waals surface area contributed by atoms with Crippen LogP contribution in [-0.4, -0.2) is 35.0 Å². The van der Waals surface area contributed by atoms with Crippen LogP contribution in [0.4, 0.5) is 5.82 Å². The van der Waals surface area contributed by atoms with Gasteiger partial charge in [0.15, 0.2) is 0 Å². The Morgan fingerprint density at radius 1 is 1.56 bits per heavy atom. The Kier molecular flexibility index (Phi) is 6.78. The fraction of sp³-hybridized carbons (Fsp3) is 0.583. The molecule has 4 nitrogen and oxygen atoms in total. The van der Waals surface area contributed by atoms with Gasteiger partial charge in [0, 0.05) is 18.3 Å². The van der Waals surface area contributed by atoms with Gasteiger partial charge in [0.05, 0.1) is 10.7 Å². The highest BCUT2D eigenvalue weighted by atomic mass is 35.5. The predicted octanol–water partition coefficient (Wildman–Crippen LogP) is 2.59. The Morgan fingerprint density at radius 3 is 2.83 bits per heavy atom. The number of nitrogens with one attached hydrogen (secondary N) is 1. The van der Waals surface area contributed by atoms with Crippen LogP contribution in [-0.2, 0) is 6.54 Å². The maximum Gasteiger partial charge on any atom is 0.140 e. The number of rotatable bonds is 7. The normalized spacial score (nSPS) is 12.8. The van der Waals surface area contributed by atoms with E-state index in [2.05, 4.69) is 35.5 Å². The van der Waals surface area contributed by atoms with E-state index in [-0.39, 0.29) is 0 Å². The van der Waals surface area contributed by atoms with E-state index in [1.165, 1.54) is 0 Å². The third kappa shape index (κ3) is 4.31. The first-order valence-corrected chi connectivity index (χ1v) is 7.70. The molecule has 1 heterocycles. The van der Waals surface area contributed by atoms with Crippen LogP contribution in [0.1, 0.15) is 19.0 Å². The number of pyridine rings is 1. The molecule has 1 aromatic rings. The highest BCUT2D eigenvalue weighted by molar-refractivity contribution is 7.98. The first-order chi connectivity index (χ1) is 8.62. The van der Waals surface area contributed by atoms with Crippen LogP contribution in [0.2, 0.25) is 5.02 Å². The highest BCUT2D eigenvalue weighted by Crippen LogP contribution is 2.19. The molecular weight excluding hydrogens is 268 g/mol. The maximum absolute atomic E-state index is 6.16. The molecule has 0 saturated carbocycles. The molecule has 0 aliphatic rings. The molecule has 1 rings (SSSR count). The minimum Gasteiger partial charge on any atom is -0.308 e. The second-order valence-electron chi connectivity index (χ2n) is 4.20. The molecule has 0 saturated heterocycles. The van der Waals surface area contributed by atoms with E-state index < -0.39 is 0 Å². The average Bonchev–Trinajstić information content (AvgIpc) is 2.38. The van der Waals surface area contributed by atoms with Gasteiger partial charge in [0.25, 0.3) is 0 Å². The lowest BCUT2D eigenvalue weighted by Gasteiger charge is -2.26. The zero-order chi connectivity index (χ0) is 13.5. The summed E-state index contributed by atoms with van der Waals surface area (Å²) >= 11 is 8.02. The summed E-state index contributed by atoms with van der Waals surface area (Å²) < 4.78 is 0. The van der Waals surface area contributed by atoms with E-state index in [0.29, 0.717) is 16.9 Å². The van der Waals surface area contributed by atoms with Crippen LogP contribution >= 0.6 is 23.4 Å². The zero-order valence-corrected chi connectivity index (χ0v) is 12.7. The van der Waals surface area contributed by atoms with Crippen molar-refractivity contribution >= 4 is 29.2 Å². The third-order valence-electron chi connectivity index (χ3n) is 2.92. The number of aromatic nitrogens is 1. The van der Waals surface area contributed by atoms with Crippen LogP contribution in [0.5, 0.6) is 0 Å². The Bertz CT molecular complexity index is 375. The molecular formula is C12H21ClN4S. The summed E-state index contributed by atoms with van der Waals surface area (Å²) in [5.41, 5.74) is 3.40. The van der Waals surface area contributed by atoms with Crippen LogP contribution in [0, 0.1) is 0 Å². The largest absolute Gasteiger partial charge is 0.308 e. The van der Waals surface area contributed by atoms with Crippen LogP contribution in [0.25, 0.3) is 0 Å². The van der Waals surface area contributed by atoms with Gasteiger partial charge in [0.2, 0.25) is 0 Å². The SMILES string of the molecule is CCC(CSC)N(C)Cc1nc(NN)ccc1Cl. The van der Waals surface area contributed by atoms with Gasteiger partial charge in [-0.25, -0.2) is 10.8 Å². The molecule has 0 aromatic carbocycles. The molecule has 0 fully saturated rings. The van der Waals surface area contributed by atoms with E-state index in [9.17, 15) is 0 Å². The summed E-state index contributed by atoms with van der Waals surface area (Å²) in [4.78, 5) is 6.67. The van der Waals surface area contributed by atoms with Gasteiger partial charge in [-0.1, -0.05) is 18.5 Å². The van der Waals surface area contributed by atoms with Crippen molar-refractivity contribution in [2.45, 2.75) is 25.9 Å². The van der Waals surface area contributed by atoms with E-state index in [1.807, 2.05) is 17.8 Å². The fourth-order valence-corrected chi connectivity index (χ4v) is 2.83. The van der Waals surface area contributed by atoms with Gasteiger partial charge in [-0.2, -0.15) is 11.8 Å². The molecule has 6 heteroatoms. The fourth-order valence-electron chi connectivity index (χ4n) is 1.79. The maximum atomic E-state index is 6.16. The van der Waals surface area contributed by atoms with E-state index in [4.69, 9.17) is 17.4 Å². The number of anilines is 1. The van der Waals surface area contributed by atoms with Crippen molar-refractivity contribution in [3.8, 4) is 0 Å². The summed E-state index contributed by atoms with van der Waals surface area (Å²) in [6, 6.07) is 4.13. The minimum atomic E-state index is 0.535. The number of thioether (sulfide) groups is 1. The molecule has 0 amide bonds. The van der Waals surface area contributed by atoms with Crippen molar-refractivity contribution in [2.24, 2.45) is 5.84 Å². The average molecular weight is 289 g/mol. The molecule has 18 heavy (non-hydrogen) atoms. The zero-order valence-electron chi connectivity index (χ0n) is 11.1.